The summed E-state index contributed by atoms with van der Waals surface area (Å²) < 4.78 is 23.2. The molecule has 0 aromatic heterocycles. The summed E-state index contributed by atoms with van der Waals surface area (Å²) in [7, 11) is -2.91. The maximum Gasteiger partial charge on any atom is 0.150 e. The van der Waals surface area contributed by atoms with Crippen molar-refractivity contribution in [3.8, 4) is 0 Å². The Morgan fingerprint density at radius 2 is 2.06 bits per heavy atom. The van der Waals surface area contributed by atoms with Gasteiger partial charge in [0.15, 0.2) is 0 Å². The van der Waals surface area contributed by atoms with Crippen LogP contribution in [0.1, 0.15) is 39.0 Å². The van der Waals surface area contributed by atoms with Gasteiger partial charge in [-0.2, -0.15) is 0 Å². The molecule has 2 aliphatic rings. The second kappa shape index (κ2) is 4.52. The van der Waals surface area contributed by atoms with Crippen LogP contribution >= 0.6 is 0 Å². The highest BCUT2D eigenvalue weighted by molar-refractivity contribution is 7.91. The highest BCUT2D eigenvalue weighted by atomic mass is 32.2. The number of rotatable bonds is 2. The Morgan fingerprint density at radius 3 is 2.59 bits per heavy atom. The number of hydrogen-bond acceptors (Lipinski definition) is 4. The molecular weight excluding hydrogens is 238 g/mol. The summed E-state index contributed by atoms with van der Waals surface area (Å²) in [6.45, 7) is 3.45. The minimum Gasteiger partial charge on any atom is -0.389 e. The Morgan fingerprint density at radius 1 is 1.35 bits per heavy atom. The first-order valence-corrected chi connectivity index (χ1v) is 8.39. The minimum atomic E-state index is -2.91. The molecule has 3 atom stereocenters. The number of aliphatic hydroxyl groups is 1. The molecule has 0 aromatic rings. The van der Waals surface area contributed by atoms with Crippen molar-refractivity contribution in [2.45, 2.75) is 55.9 Å². The summed E-state index contributed by atoms with van der Waals surface area (Å²) in [5, 5.41) is 9.79. The monoisotopic (exact) mass is 261 g/mol. The van der Waals surface area contributed by atoms with E-state index in [0.717, 1.165) is 38.6 Å². The van der Waals surface area contributed by atoms with E-state index >= 15 is 0 Å². The van der Waals surface area contributed by atoms with Crippen LogP contribution in [-0.2, 0) is 9.84 Å². The van der Waals surface area contributed by atoms with Crippen LogP contribution in [0.15, 0.2) is 0 Å². The molecule has 4 nitrogen and oxygen atoms in total. The van der Waals surface area contributed by atoms with Gasteiger partial charge < -0.3 is 5.11 Å². The van der Waals surface area contributed by atoms with Crippen LogP contribution in [0.4, 0.5) is 0 Å². The molecule has 5 heteroatoms. The fourth-order valence-electron chi connectivity index (χ4n) is 3.13. The summed E-state index contributed by atoms with van der Waals surface area (Å²) in [6.07, 6.45) is 5.75. The first-order chi connectivity index (χ1) is 7.78. The fraction of sp³-hybridized carbons (Fsp3) is 1.00. The number of β-amino-alcohol motifs (C(OH)–C–C–N with tert-alkyl or cyclic N) is 1. The number of likely N-dealkylation sites (tertiary alicyclic amines) is 1. The van der Waals surface area contributed by atoms with Gasteiger partial charge >= 0.3 is 0 Å². The predicted octanol–water partition coefficient (Wildman–Crippen LogP) is 0.799. The van der Waals surface area contributed by atoms with E-state index in [1.54, 1.807) is 0 Å². The van der Waals surface area contributed by atoms with Crippen LogP contribution < -0.4 is 0 Å². The average Bonchev–Trinajstić information content (AvgIpc) is 2.58. The van der Waals surface area contributed by atoms with Crippen molar-refractivity contribution in [1.82, 2.24) is 4.90 Å². The fourth-order valence-corrected chi connectivity index (χ4v) is 4.30. The van der Waals surface area contributed by atoms with Crippen molar-refractivity contribution >= 4 is 9.84 Å². The molecule has 17 heavy (non-hydrogen) atoms. The summed E-state index contributed by atoms with van der Waals surface area (Å²) in [4.78, 5) is 2.28. The third-order valence-electron chi connectivity index (χ3n) is 4.20. The molecule has 2 rings (SSSR count). The third kappa shape index (κ3) is 3.20. The summed E-state index contributed by atoms with van der Waals surface area (Å²) in [5.74, 6) is 0. The van der Waals surface area contributed by atoms with Crippen molar-refractivity contribution in [3.63, 3.8) is 0 Å². The second-order valence-corrected chi connectivity index (χ2v) is 8.32. The first kappa shape index (κ1) is 13.3. The number of nitrogens with zero attached hydrogens (tertiary/aromatic N) is 1. The van der Waals surface area contributed by atoms with Crippen molar-refractivity contribution in [3.05, 3.63) is 0 Å². The molecule has 1 aliphatic heterocycles. The maximum atomic E-state index is 11.6. The van der Waals surface area contributed by atoms with Crippen LogP contribution in [0.5, 0.6) is 0 Å². The van der Waals surface area contributed by atoms with Crippen molar-refractivity contribution < 1.29 is 13.5 Å². The molecule has 1 N–H and O–H groups in total. The van der Waals surface area contributed by atoms with Gasteiger partial charge in [0.1, 0.15) is 9.84 Å². The van der Waals surface area contributed by atoms with Gasteiger partial charge in [-0.05, 0) is 32.6 Å². The molecule has 0 amide bonds. The standard InChI is InChI=1S/C12H23NO3S/c1-12(14)6-7-13(9-12)10-4-3-5-11(8-10)17(2,15)16/h10-11,14H,3-9H2,1-2H3. The molecule has 1 heterocycles. The molecule has 1 aliphatic carbocycles. The number of hydrogen-bond donors (Lipinski definition) is 1. The van der Waals surface area contributed by atoms with E-state index in [9.17, 15) is 13.5 Å². The molecule has 100 valence electrons. The van der Waals surface area contributed by atoms with Crippen molar-refractivity contribution in [1.29, 1.82) is 0 Å². The largest absolute Gasteiger partial charge is 0.389 e. The molecule has 0 radical (unpaired) electrons. The van der Waals surface area contributed by atoms with E-state index < -0.39 is 15.4 Å². The van der Waals surface area contributed by atoms with Gasteiger partial charge in [0, 0.05) is 25.4 Å². The Bertz CT molecular complexity index is 377. The summed E-state index contributed by atoms with van der Waals surface area (Å²) in [5.41, 5.74) is -0.585. The van der Waals surface area contributed by atoms with Crippen LogP contribution in [0.25, 0.3) is 0 Å². The molecule has 3 unspecified atom stereocenters. The lowest BCUT2D eigenvalue weighted by molar-refractivity contribution is 0.0584. The van der Waals surface area contributed by atoms with Crippen molar-refractivity contribution in [2.75, 3.05) is 19.3 Å². The van der Waals surface area contributed by atoms with Gasteiger partial charge in [0.2, 0.25) is 0 Å². The number of sulfone groups is 1. The van der Waals surface area contributed by atoms with E-state index in [1.165, 1.54) is 6.26 Å². The van der Waals surface area contributed by atoms with Gasteiger partial charge in [0.25, 0.3) is 0 Å². The highest BCUT2D eigenvalue weighted by Crippen LogP contribution is 2.31. The van der Waals surface area contributed by atoms with Gasteiger partial charge in [-0.3, -0.25) is 4.90 Å². The zero-order valence-electron chi connectivity index (χ0n) is 10.7. The van der Waals surface area contributed by atoms with Crippen LogP contribution in [0.3, 0.4) is 0 Å². The SMILES string of the molecule is CC1(O)CCN(C2CCCC(S(C)(=O)=O)C2)C1. The lowest BCUT2D eigenvalue weighted by Gasteiger charge is -2.35. The molecule has 1 saturated heterocycles. The Kier molecular flexibility index (Phi) is 3.54. The van der Waals surface area contributed by atoms with Crippen molar-refractivity contribution in [2.24, 2.45) is 0 Å². The third-order valence-corrected chi connectivity index (χ3v) is 5.84. The Labute approximate surface area is 104 Å². The van der Waals surface area contributed by atoms with Gasteiger partial charge in [0.05, 0.1) is 10.9 Å². The van der Waals surface area contributed by atoms with Gasteiger partial charge in [-0.15, -0.1) is 0 Å². The Balaban J connectivity index is 1.99. The van der Waals surface area contributed by atoms with Gasteiger partial charge in [-0.25, -0.2) is 8.42 Å². The Hall–Kier alpha value is -0.130. The quantitative estimate of drug-likeness (QED) is 0.799. The first-order valence-electron chi connectivity index (χ1n) is 6.43. The molecule has 0 bridgehead atoms. The summed E-state index contributed by atoms with van der Waals surface area (Å²) in [6, 6.07) is 0.345. The smallest absolute Gasteiger partial charge is 0.150 e. The van der Waals surface area contributed by atoms with E-state index in [0.29, 0.717) is 12.6 Å². The molecule has 0 aromatic carbocycles. The van der Waals surface area contributed by atoms with E-state index in [-0.39, 0.29) is 5.25 Å². The zero-order valence-corrected chi connectivity index (χ0v) is 11.5. The van der Waals surface area contributed by atoms with E-state index in [4.69, 9.17) is 0 Å². The topological polar surface area (TPSA) is 57.6 Å². The summed E-state index contributed by atoms with van der Waals surface area (Å²) >= 11 is 0. The van der Waals surface area contributed by atoms with E-state index in [1.807, 2.05) is 6.92 Å². The second-order valence-electron chi connectivity index (χ2n) is 5.99. The van der Waals surface area contributed by atoms with E-state index in [2.05, 4.69) is 4.90 Å². The minimum absolute atomic E-state index is 0.174. The normalized spacial score (nSPS) is 40.6. The van der Waals surface area contributed by atoms with Gasteiger partial charge in [-0.1, -0.05) is 6.42 Å². The van der Waals surface area contributed by atoms with Crippen LogP contribution in [0.2, 0.25) is 0 Å². The maximum absolute atomic E-state index is 11.6. The molecule has 0 spiro atoms. The highest BCUT2D eigenvalue weighted by Gasteiger charge is 2.38. The average molecular weight is 261 g/mol. The lowest BCUT2D eigenvalue weighted by Crippen LogP contribution is -2.42. The van der Waals surface area contributed by atoms with Crippen LogP contribution in [0, 0.1) is 0 Å². The molecule has 2 fully saturated rings. The van der Waals surface area contributed by atoms with Crippen LogP contribution in [-0.4, -0.2) is 54.7 Å². The predicted molar refractivity (Wildman–Crippen MR) is 67.7 cm³/mol. The zero-order chi connectivity index (χ0) is 12.7. The lowest BCUT2D eigenvalue weighted by atomic mass is 9.94. The molecule has 1 saturated carbocycles. The molecular formula is C12H23NO3S.